The molecule has 2 atom stereocenters. The van der Waals surface area contributed by atoms with Crippen molar-refractivity contribution >= 4 is 32.8 Å². The Balaban J connectivity index is 0.000000250. The van der Waals surface area contributed by atoms with E-state index in [1.807, 2.05) is 13.8 Å². The van der Waals surface area contributed by atoms with Gasteiger partial charge in [0.05, 0.1) is 23.2 Å². The van der Waals surface area contributed by atoms with Gasteiger partial charge in [-0.05, 0) is 86.2 Å². The molecule has 0 spiro atoms. The van der Waals surface area contributed by atoms with Crippen LogP contribution < -0.4 is 9.47 Å². The van der Waals surface area contributed by atoms with Crippen molar-refractivity contribution in [1.29, 1.82) is 0 Å². The van der Waals surface area contributed by atoms with Crippen molar-refractivity contribution < 1.29 is 59.6 Å². The summed E-state index contributed by atoms with van der Waals surface area (Å²) in [5, 5.41) is 13.9. The number of aliphatic carboxylic acids is 1. The summed E-state index contributed by atoms with van der Waals surface area (Å²) in [6.07, 6.45) is 0.184. The first-order valence-corrected chi connectivity index (χ1v) is 17.8. The summed E-state index contributed by atoms with van der Waals surface area (Å²) in [5.41, 5.74) is -1.59. The van der Waals surface area contributed by atoms with Gasteiger partial charge in [0.1, 0.15) is 16.9 Å². The molecule has 2 aliphatic heterocycles. The van der Waals surface area contributed by atoms with Crippen LogP contribution >= 0.6 is 0 Å². The van der Waals surface area contributed by atoms with Crippen molar-refractivity contribution in [2.45, 2.75) is 65.0 Å². The highest BCUT2D eigenvalue weighted by atomic mass is 32.2. The number of rotatable bonds is 10. The molecule has 2 aromatic rings. The normalized spacial score (nSPS) is 25.9. The maximum absolute atomic E-state index is 12.6. The third-order valence-corrected chi connectivity index (χ3v) is 11.8. The Morgan fingerprint density at radius 1 is 1.10 bits per heavy atom. The lowest BCUT2D eigenvalue weighted by Gasteiger charge is -2.40. The number of hydrogen-bond acceptors (Lipinski definition) is 10. The summed E-state index contributed by atoms with van der Waals surface area (Å²) >= 11 is 0. The number of fused-ring (bicyclic) bond motifs is 3. The van der Waals surface area contributed by atoms with E-state index in [2.05, 4.69) is 10.1 Å². The van der Waals surface area contributed by atoms with Gasteiger partial charge in [0.15, 0.2) is 12.2 Å². The Morgan fingerprint density at radius 3 is 2.35 bits per heavy atom. The standard InChI is InChI=1S/C22H27F3N2O6.C10H16O4S/c23-22(24,25)14-32-16-2-1-3-17-18(16)19(26-33-17)31-12-15-4-8-27(9-5-15)13-21(20(28)29)6-10-30-11-7-21;1-9(2)7-3-4-10(9,8(11)5-7)6-15(12,13)14/h1-3,15H,4-14H2,(H,28,29);7H,3-6H2,1-2H3,(H,12,13,14)/t;7?,10-/m.1/s1. The Labute approximate surface area is 277 Å². The molecule has 4 fully saturated rings. The van der Waals surface area contributed by atoms with Crippen LogP contribution in [0, 0.1) is 28.1 Å². The van der Waals surface area contributed by atoms with Crippen molar-refractivity contribution in [2.75, 3.05) is 51.8 Å². The molecular weight excluding hydrogens is 661 g/mol. The number of carbonyl (C=O) groups is 2. The zero-order chi connectivity index (χ0) is 35.0. The van der Waals surface area contributed by atoms with Crippen molar-refractivity contribution in [1.82, 2.24) is 10.1 Å². The first-order chi connectivity index (χ1) is 22.4. The van der Waals surface area contributed by atoms with Crippen molar-refractivity contribution in [3.63, 3.8) is 0 Å². The molecule has 1 unspecified atom stereocenters. The van der Waals surface area contributed by atoms with Crippen LogP contribution in [-0.2, 0) is 24.4 Å². The first kappa shape index (κ1) is 36.3. The molecule has 1 aromatic heterocycles. The van der Waals surface area contributed by atoms with Gasteiger partial charge >= 0.3 is 12.1 Å². The molecule has 268 valence electrons. The number of carboxylic acids is 1. The third kappa shape index (κ3) is 7.76. The quantitative estimate of drug-likeness (QED) is 0.318. The summed E-state index contributed by atoms with van der Waals surface area (Å²) in [6.45, 7) is 5.76. The van der Waals surface area contributed by atoms with Crippen LogP contribution in [0.25, 0.3) is 11.0 Å². The number of alkyl halides is 3. The number of Topliss-reactive ketones (excluding diaryl/α,β-unsaturated/α-hetero) is 1. The zero-order valence-electron chi connectivity index (χ0n) is 27.1. The number of piperidine rings is 1. The highest BCUT2D eigenvalue weighted by Crippen LogP contribution is 2.64. The SMILES string of the molecule is CC1(C)C2CC[C@@]1(CS(=O)(=O)O)C(=O)C2.O=C(O)C1(CN2CCC(COc3noc4cccc(OCC(F)(F)F)c34)CC2)CCOCC1. The Kier molecular flexibility index (Phi) is 10.4. The van der Waals surface area contributed by atoms with Crippen LogP contribution in [0.1, 0.15) is 58.8 Å². The number of ketones is 1. The maximum atomic E-state index is 12.6. The van der Waals surface area contributed by atoms with Crippen molar-refractivity contribution in [3.8, 4) is 11.6 Å². The summed E-state index contributed by atoms with van der Waals surface area (Å²) in [5.74, 6) is -0.538. The maximum Gasteiger partial charge on any atom is 0.422 e. The fourth-order valence-corrected chi connectivity index (χ4v) is 9.17. The highest BCUT2D eigenvalue weighted by Gasteiger charge is 2.65. The molecule has 48 heavy (non-hydrogen) atoms. The lowest BCUT2D eigenvalue weighted by Crippen LogP contribution is -2.49. The minimum Gasteiger partial charge on any atom is -0.483 e. The number of carboxylic acid groups (broad SMARTS) is 1. The molecule has 3 heterocycles. The van der Waals surface area contributed by atoms with Crippen LogP contribution in [0.3, 0.4) is 0 Å². The Morgan fingerprint density at radius 2 is 1.79 bits per heavy atom. The van der Waals surface area contributed by atoms with Gasteiger partial charge in [-0.2, -0.15) is 21.6 Å². The highest BCUT2D eigenvalue weighted by molar-refractivity contribution is 7.85. The average molecular weight is 705 g/mol. The van der Waals surface area contributed by atoms with E-state index in [0.717, 1.165) is 32.4 Å². The second kappa shape index (κ2) is 13.8. The molecule has 2 aliphatic carbocycles. The van der Waals surface area contributed by atoms with E-state index < -0.39 is 45.5 Å². The summed E-state index contributed by atoms with van der Waals surface area (Å²) in [4.78, 5) is 26.0. The van der Waals surface area contributed by atoms with Crippen LogP contribution in [0.4, 0.5) is 13.2 Å². The first-order valence-electron chi connectivity index (χ1n) is 16.2. The monoisotopic (exact) mass is 704 g/mol. The number of carbonyl (C=O) groups excluding carboxylic acids is 1. The van der Waals surface area contributed by atoms with E-state index in [0.29, 0.717) is 52.0 Å². The van der Waals surface area contributed by atoms with Gasteiger partial charge in [-0.15, -0.1) is 0 Å². The molecule has 4 aliphatic rings. The zero-order valence-corrected chi connectivity index (χ0v) is 27.9. The number of ether oxygens (including phenoxy) is 3. The molecule has 12 nitrogen and oxygen atoms in total. The molecule has 2 saturated carbocycles. The van der Waals surface area contributed by atoms with Gasteiger partial charge in [0, 0.05) is 26.2 Å². The second-order valence-corrected chi connectivity index (χ2v) is 15.6. The smallest absolute Gasteiger partial charge is 0.422 e. The second-order valence-electron chi connectivity index (χ2n) is 14.1. The molecular formula is C32H43F3N2O10S. The van der Waals surface area contributed by atoms with Crippen LogP contribution in [0.5, 0.6) is 11.6 Å². The van der Waals surface area contributed by atoms with Crippen molar-refractivity contribution in [2.24, 2.45) is 28.1 Å². The Hall–Kier alpha value is -2.95. The summed E-state index contributed by atoms with van der Waals surface area (Å²) < 4.78 is 90.0. The van der Waals surface area contributed by atoms with Gasteiger partial charge < -0.3 is 28.7 Å². The number of nitrogens with zero attached hydrogens (tertiary/aromatic N) is 2. The topological polar surface area (TPSA) is 166 Å². The van der Waals surface area contributed by atoms with Gasteiger partial charge in [-0.25, -0.2) is 0 Å². The molecule has 2 bridgehead atoms. The van der Waals surface area contributed by atoms with Crippen molar-refractivity contribution in [3.05, 3.63) is 18.2 Å². The minimum absolute atomic E-state index is 0.00586. The molecule has 2 saturated heterocycles. The molecule has 16 heteroatoms. The summed E-state index contributed by atoms with van der Waals surface area (Å²) in [6, 6.07) is 4.54. The van der Waals surface area contributed by atoms with E-state index in [-0.39, 0.29) is 45.6 Å². The predicted molar refractivity (Wildman–Crippen MR) is 165 cm³/mol. The fraction of sp³-hybridized carbons (Fsp3) is 0.719. The largest absolute Gasteiger partial charge is 0.483 e. The fourth-order valence-electron chi connectivity index (χ4n) is 7.87. The minimum atomic E-state index is -4.46. The van der Waals surface area contributed by atoms with Crippen LogP contribution in [0.2, 0.25) is 0 Å². The predicted octanol–water partition coefficient (Wildman–Crippen LogP) is 5.01. The van der Waals surface area contributed by atoms with Gasteiger partial charge in [0.25, 0.3) is 16.0 Å². The Bertz CT molecular complexity index is 1580. The number of benzene rings is 1. The number of likely N-dealkylation sites (tertiary alicyclic amines) is 1. The number of hydrogen-bond donors (Lipinski definition) is 2. The van der Waals surface area contributed by atoms with E-state index in [1.54, 1.807) is 6.07 Å². The van der Waals surface area contributed by atoms with E-state index in [9.17, 15) is 36.3 Å². The molecule has 6 rings (SSSR count). The molecule has 0 radical (unpaired) electrons. The van der Waals surface area contributed by atoms with Gasteiger partial charge in [-0.1, -0.05) is 19.9 Å². The van der Waals surface area contributed by atoms with E-state index >= 15 is 0 Å². The molecule has 1 aromatic carbocycles. The number of halogens is 3. The molecule has 2 N–H and O–H groups in total. The van der Waals surface area contributed by atoms with E-state index in [1.165, 1.54) is 12.1 Å². The van der Waals surface area contributed by atoms with Crippen LogP contribution in [-0.4, -0.2) is 97.9 Å². The lowest BCUT2D eigenvalue weighted by atomic mass is 9.70. The third-order valence-electron chi connectivity index (χ3n) is 11.0. The number of aromatic nitrogens is 1. The van der Waals surface area contributed by atoms with Gasteiger partial charge in [0.2, 0.25) is 0 Å². The molecule has 0 amide bonds. The summed E-state index contributed by atoms with van der Waals surface area (Å²) in [7, 11) is -4.08. The average Bonchev–Trinajstić information content (AvgIpc) is 3.59. The lowest BCUT2D eigenvalue weighted by molar-refractivity contribution is -0.157. The van der Waals surface area contributed by atoms with Crippen LogP contribution in [0.15, 0.2) is 22.7 Å². The van der Waals surface area contributed by atoms with Gasteiger partial charge in [-0.3, -0.25) is 14.1 Å². The van der Waals surface area contributed by atoms with E-state index in [4.69, 9.17) is 23.3 Å².